The molecule has 4 aromatic rings. The minimum Gasteiger partial charge on any atom is -0.493 e. The van der Waals surface area contributed by atoms with Gasteiger partial charge < -0.3 is 24.9 Å². The highest BCUT2D eigenvalue weighted by Gasteiger charge is 2.07. The van der Waals surface area contributed by atoms with Crippen LogP contribution in [0.2, 0.25) is 0 Å². The minimum absolute atomic E-state index is 0.458. The van der Waals surface area contributed by atoms with Crippen LogP contribution in [0, 0.1) is 6.92 Å². The molecule has 4 rings (SSSR count). The van der Waals surface area contributed by atoms with Gasteiger partial charge in [0.25, 0.3) is 0 Å². The molecule has 0 aliphatic heterocycles. The van der Waals surface area contributed by atoms with Crippen LogP contribution in [0.3, 0.4) is 0 Å². The Morgan fingerprint density at radius 2 is 1.70 bits per heavy atom. The first-order valence-electron chi connectivity index (χ1n) is 10.4. The summed E-state index contributed by atoms with van der Waals surface area (Å²) in [7, 11) is 0. The van der Waals surface area contributed by atoms with Crippen molar-refractivity contribution in [1.82, 2.24) is 10.3 Å². The Morgan fingerprint density at radius 1 is 0.900 bits per heavy atom. The number of aliphatic hydroxyl groups excluding tert-OH is 1. The molecule has 0 amide bonds. The highest BCUT2D eigenvalue weighted by Crippen LogP contribution is 2.28. The van der Waals surface area contributed by atoms with E-state index in [1.165, 1.54) is 5.39 Å². The monoisotopic (exact) mass is 404 g/mol. The number of H-pyrrole nitrogens is 1. The molecule has 0 radical (unpaired) electrons. The number of aryl methyl sites for hydroxylation is 1. The molecule has 5 nitrogen and oxygen atoms in total. The molecular weight excluding hydrogens is 376 g/mol. The van der Waals surface area contributed by atoms with E-state index in [1.54, 1.807) is 0 Å². The predicted molar refractivity (Wildman–Crippen MR) is 121 cm³/mol. The molecule has 1 atom stereocenters. The van der Waals surface area contributed by atoms with Gasteiger partial charge in [0, 0.05) is 41.3 Å². The van der Waals surface area contributed by atoms with Crippen LogP contribution in [0.4, 0.5) is 0 Å². The lowest BCUT2D eigenvalue weighted by molar-refractivity contribution is 0.136. The first-order valence-corrected chi connectivity index (χ1v) is 10.4. The van der Waals surface area contributed by atoms with Crippen LogP contribution < -0.4 is 14.8 Å². The van der Waals surface area contributed by atoms with E-state index in [1.807, 2.05) is 55.5 Å². The Morgan fingerprint density at radius 3 is 2.60 bits per heavy atom. The lowest BCUT2D eigenvalue weighted by Crippen LogP contribution is -2.31. The summed E-state index contributed by atoms with van der Waals surface area (Å²) in [5.74, 6) is 1.72. The summed E-state index contributed by atoms with van der Waals surface area (Å²) in [6, 6.07) is 22.3. The highest BCUT2D eigenvalue weighted by molar-refractivity contribution is 6.07. The van der Waals surface area contributed by atoms with Crippen molar-refractivity contribution in [2.24, 2.45) is 0 Å². The second-order valence-electron chi connectivity index (χ2n) is 7.49. The Kier molecular flexibility index (Phi) is 6.52. The number of benzene rings is 3. The topological polar surface area (TPSA) is 66.5 Å². The Hall–Kier alpha value is -3.02. The SMILES string of the molecule is Cc1ccccc1OCCNCC(O)CCOc1ccc2[nH]c3ccccc3c2c1. The van der Waals surface area contributed by atoms with Crippen LogP contribution in [0.1, 0.15) is 12.0 Å². The molecule has 0 saturated carbocycles. The fourth-order valence-electron chi connectivity index (χ4n) is 3.55. The molecule has 5 heteroatoms. The van der Waals surface area contributed by atoms with Gasteiger partial charge in [0.1, 0.15) is 18.1 Å². The first kappa shape index (κ1) is 20.3. The first-order chi connectivity index (χ1) is 14.7. The lowest BCUT2D eigenvalue weighted by Gasteiger charge is -2.13. The standard InChI is InChI=1S/C25H28N2O3/c1-18-6-2-5-9-25(18)30-15-13-26-17-19(28)12-14-29-20-10-11-24-22(16-20)21-7-3-4-8-23(21)27-24/h2-11,16,19,26-28H,12-15,17H2,1H3. The zero-order valence-corrected chi connectivity index (χ0v) is 17.2. The smallest absolute Gasteiger partial charge is 0.122 e. The van der Waals surface area contributed by atoms with E-state index in [-0.39, 0.29) is 0 Å². The van der Waals surface area contributed by atoms with Gasteiger partial charge in [-0.05, 0) is 42.8 Å². The number of aromatic amines is 1. The lowest BCUT2D eigenvalue weighted by atomic mass is 10.1. The number of para-hydroxylation sites is 2. The Balaban J connectivity index is 1.18. The summed E-state index contributed by atoms with van der Waals surface area (Å²) in [5.41, 5.74) is 3.35. The fourth-order valence-corrected chi connectivity index (χ4v) is 3.55. The van der Waals surface area contributed by atoms with Crippen molar-refractivity contribution in [3.63, 3.8) is 0 Å². The number of hydrogen-bond acceptors (Lipinski definition) is 4. The van der Waals surface area contributed by atoms with Gasteiger partial charge in [-0.3, -0.25) is 0 Å². The second-order valence-corrected chi connectivity index (χ2v) is 7.49. The maximum atomic E-state index is 10.2. The van der Waals surface area contributed by atoms with Crippen molar-refractivity contribution in [1.29, 1.82) is 0 Å². The van der Waals surface area contributed by atoms with Crippen molar-refractivity contribution >= 4 is 21.8 Å². The summed E-state index contributed by atoms with van der Waals surface area (Å²) in [6.45, 7) is 4.27. The van der Waals surface area contributed by atoms with Crippen LogP contribution in [0.15, 0.2) is 66.7 Å². The van der Waals surface area contributed by atoms with Crippen LogP contribution >= 0.6 is 0 Å². The van der Waals surface area contributed by atoms with E-state index in [0.717, 1.165) is 33.5 Å². The summed E-state index contributed by atoms with van der Waals surface area (Å²) < 4.78 is 11.6. The number of aromatic nitrogens is 1. The molecule has 0 aliphatic carbocycles. The van der Waals surface area contributed by atoms with Crippen molar-refractivity contribution in [3.8, 4) is 11.5 Å². The number of fused-ring (bicyclic) bond motifs is 3. The molecule has 3 N–H and O–H groups in total. The van der Waals surface area contributed by atoms with Crippen LogP contribution in [0.25, 0.3) is 21.8 Å². The molecule has 156 valence electrons. The van der Waals surface area contributed by atoms with E-state index in [2.05, 4.69) is 28.5 Å². The Labute approximate surface area is 176 Å². The molecule has 0 fully saturated rings. The Bertz CT molecular complexity index is 1110. The number of rotatable bonds is 10. The van der Waals surface area contributed by atoms with Gasteiger partial charge in [-0.2, -0.15) is 0 Å². The van der Waals surface area contributed by atoms with Crippen LogP contribution in [0.5, 0.6) is 11.5 Å². The molecule has 0 bridgehead atoms. The number of nitrogens with one attached hydrogen (secondary N) is 2. The average molecular weight is 405 g/mol. The van der Waals surface area contributed by atoms with Gasteiger partial charge in [0.15, 0.2) is 0 Å². The number of hydrogen-bond donors (Lipinski definition) is 3. The molecule has 30 heavy (non-hydrogen) atoms. The van der Waals surface area contributed by atoms with Gasteiger partial charge in [0.2, 0.25) is 0 Å². The van der Waals surface area contributed by atoms with E-state index >= 15 is 0 Å². The summed E-state index contributed by atoms with van der Waals surface area (Å²) >= 11 is 0. The molecular formula is C25H28N2O3. The fraction of sp³-hybridized carbons (Fsp3) is 0.280. The van der Waals surface area contributed by atoms with Crippen LogP contribution in [-0.4, -0.2) is 42.5 Å². The summed E-state index contributed by atoms with van der Waals surface area (Å²) in [6.07, 6.45) is 0.109. The van der Waals surface area contributed by atoms with E-state index < -0.39 is 6.10 Å². The van der Waals surface area contributed by atoms with Crippen LogP contribution in [-0.2, 0) is 0 Å². The second kappa shape index (κ2) is 9.65. The normalized spacial score (nSPS) is 12.3. The molecule has 1 heterocycles. The molecule has 0 saturated heterocycles. The third kappa shape index (κ3) is 4.93. The summed E-state index contributed by atoms with van der Waals surface area (Å²) in [5, 5.41) is 15.8. The minimum atomic E-state index is -0.458. The van der Waals surface area contributed by atoms with Crippen molar-refractivity contribution in [2.75, 3.05) is 26.3 Å². The molecule has 1 unspecified atom stereocenters. The quantitative estimate of drug-likeness (QED) is 0.342. The van der Waals surface area contributed by atoms with Gasteiger partial charge in [-0.1, -0.05) is 36.4 Å². The molecule has 3 aromatic carbocycles. The number of ether oxygens (including phenoxy) is 2. The predicted octanol–water partition coefficient (Wildman–Crippen LogP) is 4.43. The van der Waals surface area contributed by atoms with E-state index in [0.29, 0.717) is 32.7 Å². The zero-order chi connectivity index (χ0) is 20.8. The van der Waals surface area contributed by atoms with E-state index in [4.69, 9.17) is 9.47 Å². The third-order valence-corrected chi connectivity index (χ3v) is 5.21. The number of aliphatic hydroxyl groups is 1. The van der Waals surface area contributed by atoms with Gasteiger partial charge in [0.05, 0.1) is 12.7 Å². The van der Waals surface area contributed by atoms with Gasteiger partial charge in [-0.15, -0.1) is 0 Å². The molecule has 0 aliphatic rings. The van der Waals surface area contributed by atoms with Gasteiger partial charge in [-0.25, -0.2) is 0 Å². The van der Waals surface area contributed by atoms with Crippen molar-refractivity contribution in [3.05, 3.63) is 72.3 Å². The molecule has 1 aromatic heterocycles. The average Bonchev–Trinajstić information content (AvgIpc) is 3.13. The van der Waals surface area contributed by atoms with Crippen molar-refractivity contribution in [2.45, 2.75) is 19.4 Å². The van der Waals surface area contributed by atoms with Gasteiger partial charge >= 0.3 is 0 Å². The largest absolute Gasteiger partial charge is 0.493 e. The van der Waals surface area contributed by atoms with E-state index in [9.17, 15) is 5.11 Å². The highest BCUT2D eigenvalue weighted by atomic mass is 16.5. The maximum absolute atomic E-state index is 10.2. The maximum Gasteiger partial charge on any atom is 0.122 e. The van der Waals surface area contributed by atoms with Crippen molar-refractivity contribution < 1.29 is 14.6 Å². The summed E-state index contributed by atoms with van der Waals surface area (Å²) in [4.78, 5) is 3.41. The zero-order valence-electron chi connectivity index (χ0n) is 17.2. The third-order valence-electron chi connectivity index (χ3n) is 5.21. The molecule has 0 spiro atoms.